The van der Waals surface area contributed by atoms with Gasteiger partial charge in [-0.25, -0.2) is 4.68 Å². The Kier molecular flexibility index (Phi) is 4.10. The molecule has 1 aromatic heterocycles. The first-order valence-electron chi connectivity index (χ1n) is 7.61. The Labute approximate surface area is 124 Å². The van der Waals surface area contributed by atoms with E-state index in [0.29, 0.717) is 12.5 Å². The zero-order valence-corrected chi connectivity index (χ0v) is 12.1. The number of aromatic hydroxyl groups is 1. The van der Waals surface area contributed by atoms with Crippen LogP contribution in [0.3, 0.4) is 0 Å². The minimum absolute atomic E-state index is 0.273. The van der Waals surface area contributed by atoms with Crippen molar-refractivity contribution in [3.8, 4) is 11.4 Å². The second-order valence-corrected chi connectivity index (χ2v) is 5.57. The normalized spacial score (nSPS) is 15.5. The maximum Gasteiger partial charge on any atom is 0.115 e. The molecule has 1 aliphatic carbocycles. The third kappa shape index (κ3) is 2.88. The number of nitrogens with zero attached hydrogens (tertiary/aromatic N) is 2. The van der Waals surface area contributed by atoms with E-state index in [2.05, 4.69) is 10.4 Å². The molecule has 0 saturated heterocycles. The van der Waals surface area contributed by atoms with Crippen LogP contribution < -0.4 is 11.1 Å². The van der Waals surface area contributed by atoms with Gasteiger partial charge in [0.15, 0.2) is 0 Å². The van der Waals surface area contributed by atoms with Crippen molar-refractivity contribution in [3.05, 3.63) is 36.2 Å². The van der Waals surface area contributed by atoms with Crippen molar-refractivity contribution in [3.63, 3.8) is 0 Å². The standard InChI is InChI=1S/C16H22N4O/c17-9-10-18-15-11-19-20(13-5-7-14(21)8-6-13)16(15)12-3-1-2-4-12/h5-8,11-12,18,21H,1-4,9-10,17H2. The molecule has 0 unspecified atom stereocenters. The predicted octanol–water partition coefficient (Wildman–Crippen LogP) is 2.61. The smallest absolute Gasteiger partial charge is 0.115 e. The molecule has 112 valence electrons. The fourth-order valence-corrected chi connectivity index (χ4v) is 3.09. The van der Waals surface area contributed by atoms with Gasteiger partial charge in [0, 0.05) is 19.0 Å². The number of rotatable bonds is 5. The van der Waals surface area contributed by atoms with Crippen molar-refractivity contribution < 1.29 is 5.11 Å². The lowest BCUT2D eigenvalue weighted by molar-refractivity contribution is 0.475. The summed E-state index contributed by atoms with van der Waals surface area (Å²) in [6.45, 7) is 1.36. The summed E-state index contributed by atoms with van der Waals surface area (Å²) >= 11 is 0. The lowest BCUT2D eigenvalue weighted by Crippen LogP contribution is -2.15. The molecule has 21 heavy (non-hydrogen) atoms. The van der Waals surface area contributed by atoms with Crippen molar-refractivity contribution in [1.29, 1.82) is 0 Å². The topological polar surface area (TPSA) is 76.1 Å². The summed E-state index contributed by atoms with van der Waals surface area (Å²) in [5.74, 6) is 0.816. The summed E-state index contributed by atoms with van der Waals surface area (Å²) in [5, 5.41) is 17.4. The second-order valence-electron chi connectivity index (χ2n) is 5.57. The monoisotopic (exact) mass is 286 g/mol. The van der Waals surface area contributed by atoms with Crippen molar-refractivity contribution in [2.24, 2.45) is 5.73 Å². The van der Waals surface area contributed by atoms with E-state index in [-0.39, 0.29) is 5.75 Å². The Morgan fingerprint density at radius 1 is 1.24 bits per heavy atom. The van der Waals surface area contributed by atoms with Crippen LogP contribution >= 0.6 is 0 Å². The number of hydrogen-bond acceptors (Lipinski definition) is 4. The molecule has 0 atom stereocenters. The highest BCUT2D eigenvalue weighted by Crippen LogP contribution is 2.38. The van der Waals surface area contributed by atoms with Gasteiger partial charge in [0.2, 0.25) is 0 Å². The maximum atomic E-state index is 9.45. The Morgan fingerprint density at radius 2 is 1.95 bits per heavy atom. The van der Waals surface area contributed by atoms with E-state index in [1.807, 2.05) is 23.0 Å². The Balaban J connectivity index is 1.98. The summed E-state index contributed by atoms with van der Waals surface area (Å²) in [6, 6.07) is 7.19. The van der Waals surface area contributed by atoms with Gasteiger partial charge in [-0.3, -0.25) is 0 Å². The molecule has 4 N–H and O–H groups in total. The average molecular weight is 286 g/mol. The summed E-state index contributed by atoms with van der Waals surface area (Å²) in [6.07, 6.45) is 6.86. The van der Waals surface area contributed by atoms with Crippen molar-refractivity contribution >= 4 is 5.69 Å². The van der Waals surface area contributed by atoms with E-state index in [1.54, 1.807) is 12.1 Å². The lowest BCUT2D eigenvalue weighted by Gasteiger charge is -2.16. The molecule has 2 aromatic rings. The molecule has 0 amide bonds. The molecule has 0 bridgehead atoms. The van der Waals surface area contributed by atoms with Gasteiger partial charge >= 0.3 is 0 Å². The van der Waals surface area contributed by atoms with Crippen LogP contribution in [0.2, 0.25) is 0 Å². The highest BCUT2D eigenvalue weighted by molar-refractivity contribution is 5.52. The molecule has 0 spiro atoms. The fourth-order valence-electron chi connectivity index (χ4n) is 3.09. The highest BCUT2D eigenvalue weighted by atomic mass is 16.3. The summed E-state index contributed by atoms with van der Waals surface area (Å²) in [4.78, 5) is 0. The van der Waals surface area contributed by atoms with Crippen LogP contribution in [0.15, 0.2) is 30.5 Å². The molecule has 1 heterocycles. The Morgan fingerprint density at radius 3 is 2.62 bits per heavy atom. The van der Waals surface area contributed by atoms with Gasteiger partial charge in [-0.15, -0.1) is 0 Å². The van der Waals surface area contributed by atoms with Gasteiger partial charge in [-0.05, 0) is 37.1 Å². The first-order valence-corrected chi connectivity index (χ1v) is 7.61. The zero-order chi connectivity index (χ0) is 14.7. The molecule has 0 aliphatic heterocycles. The largest absolute Gasteiger partial charge is 0.508 e. The van der Waals surface area contributed by atoms with Gasteiger partial charge < -0.3 is 16.2 Å². The molecule has 0 radical (unpaired) electrons. The van der Waals surface area contributed by atoms with Crippen molar-refractivity contribution in [2.75, 3.05) is 18.4 Å². The maximum absolute atomic E-state index is 9.45. The molecule has 5 nitrogen and oxygen atoms in total. The van der Waals surface area contributed by atoms with Crippen LogP contribution in [0.25, 0.3) is 5.69 Å². The second kappa shape index (κ2) is 6.18. The van der Waals surface area contributed by atoms with E-state index < -0.39 is 0 Å². The molecule has 3 rings (SSSR count). The Bertz CT molecular complexity index is 585. The number of phenolic OH excluding ortho intramolecular Hbond substituents is 1. The predicted molar refractivity (Wildman–Crippen MR) is 84.0 cm³/mol. The van der Waals surface area contributed by atoms with E-state index in [1.165, 1.54) is 31.4 Å². The highest BCUT2D eigenvalue weighted by Gasteiger charge is 2.25. The number of phenols is 1. The molecule has 1 aromatic carbocycles. The van der Waals surface area contributed by atoms with E-state index in [0.717, 1.165) is 17.9 Å². The summed E-state index contributed by atoms with van der Waals surface area (Å²) in [7, 11) is 0. The molecule has 1 saturated carbocycles. The van der Waals surface area contributed by atoms with Crippen LogP contribution in [-0.2, 0) is 0 Å². The molecule has 1 fully saturated rings. The molecular weight excluding hydrogens is 264 g/mol. The number of nitrogens with one attached hydrogen (secondary N) is 1. The average Bonchev–Trinajstić information content (AvgIpc) is 3.14. The van der Waals surface area contributed by atoms with Gasteiger partial charge in [-0.2, -0.15) is 5.10 Å². The van der Waals surface area contributed by atoms with Crippen molar-refractivity contribution in [2.45, 2.75) is 31.6 Å². The SMILES string of the molecule is NCCNc1cnn(-c2ccc(O)cc2)c1C1CCCC1. The quantitative estimate of drug-likeness (QED) is 0.789. The van der Waals surface area contributed by atoms with Crippen LogP contribution in [-0.4, -0.2) is 28.0 Å². The van der Waals surface area contributed by atoms with E-state index in [4.69, 9.17) is 5.73 Å². The lowest BCUT2D eigenvalue weighted by atomic mass is 10.0. The number of nitrogens with two attached hydrogens (primary N) is 1. The number of hydrogen-bond donors (Lipinski definition) is 3. The summed E-state index contributed by atoms with van der Waals surface area (Å²) < 4.78 is 1.99. The zero-order valence-electron chi connectivity index (χ0n) is 12.1. The van der Waals surface area contributed by atoms with Crippen LogP contribution in [0, 0.1) is 0 Å². The van der Waals surface area contributed by atoms with E-state index >= 15 is 0 Å². The third-order valence-electron chi connectivity index (χ3n) is 4.10. The van der Waals surface area contributed by atoms with Crippen molar-refractivity contribution in [1.82, 2.24) is 9.78 Å². The van der Waals surface area contributed by atoms with Crippen LogP contribution in [0.4, 0.5) is 5.69 Å². The van der Waals surface area contributed by atoms with E-state index in [9.17, 15) is 5.11 Å². The van der Waals surface area contributed by atoms with Gasteiger partial charge in [-0.1, -0.05) is 12.8 Å². The Hall–Kier alpha value is -2.01. The van der Waals surface area contributed by atoms with Crippen LogP contribution in [0.1, 0.15) is 37.3 Å². The minimum Gasteiger partial charge on any atom is -0.508 e. The minimum atomic E-state index is 0.273. The molecule has 1 aliphatic rings. The first-order chi connectivity index (χ1) is 10.3. The number of anilines is 1. The fraction of sp³-hybridized carbons (Fsp3) is 0.438. The van der Waals surface area contributed by atoms with Crippen LogP contribution in [0.5, 0.6) is 5.75 Å². The van der Waals surface area contributed by atoms with Gasteiger partial charge in [0.1, 0.15) is 5.75 Å². The van der Waals surface area contributed by atoms with Gasteiger partial charge in [0.25, 0.3) is 0 Å². The van der Waals surface area contributed by atoms with Gasteiger partial charge in [0.05, 0.1) is 23.3 Å². The third-order valence-corrected chi connectivity index (χ3v) is 4.10. The first kappa shape index (κ1) is 13.9. The number of aromatic nitrogens is 2. The number of benzene rings is 1. The molecular formula is C16H22N4O. The molecule has 5 heteroatoms. The summed E-state index contributed by atoms with van der Waals surface area (Å²) in [5.41, 5.74) is 8.90.